The van der Waals surface area contributed by atoms with E-state index < -0.39 is 0 Å². The second-order valence-electron chi connectivity index (χ2n) is 8.62. The summed E-state index contributed by atoms with van der Waals surface area (Å²) in [4.78, 5) is 24.6. The number of rotatable bonds is 4. The van der Waals surface area contributed by atoms with E-state index in [1.807, 2.05) is 41.4 Å². The van der Waals surface area contributed by atoms with Crippen molar-refractivity contribution in [2.75, 3.05) is 24.4 Å². The molecule has 1 aliphatic carbocycles. The molecular formula is C26H28N4O3. The molecule has 3 aromatic rings. The summed E-state index contributed by atoms with van der Waals surface area (Å²) in [6, 6.07) is 12.0. The maximum atomic E-state index is 13.8. The molecule has 7 nitrogen and oxygen atoms in total. The summed E-state index contributed by atoms with van der Waals surface area (Å²) < 4.78 is 10.9. The van der Waals surface area contributed by atoms with Crippen LogP contribution in [-0.4, -0.2) is 36.2 Å². The van der Waals surface area contributed by atoms with Crippen molar-refractivity contribution in [3.63, 3.8) is 0 Å². The van der Waals surface area contributed by atoms with Crippen LogP contribution in [-0.2, 0) is 16.1 Å². The van der Waals surface area contributed by atoms with Crippen LogP contribution in [0.2, 0.25) is 0 Å². The molecular weight excluding hydrogens is 416 g/mol. The van der Waals surface area contributed by atoms with Gasteiger partial charge in [-0.25, -0.2) is 4.98 Å². The lowest BCUT2D eigenvalue weighted by atomic mass is 9.86. The number of fused-ring (bicyclic) bond motifs is 2. The molecule has 0 saturated heterocycles. The van der Waals surface area contributed by atoms with Crippen LogP contribution in [0.25, 0.3) is 11.1 Å². The number of pyridine rings is 2. The molecule has 3 heterocycles. The highest BCUT2D eigenvalue weighted by atomic mass is 16.5. The van der Waals surface area contributed by atoms with Crippen LogP contribution in [0.4, 0.5) is 17.2 Å². The fourth-order valence-electron chi connectivity index (χ4n) is 4.75. The summed E-state index contributed by atoms with van der Waals surface area (Å²) in [7, 11) is 3.38. The lowest BCUT2D eigenvalue weighted by Gasteiger charge is -2.32. The predicted octanol–water partition coefficient (Wildman–Crippen LogP) is 4.95. The largest absolute Gasteiger partial charge is 0.495 e. The fraction of sp³-hybridized carbons (Fsp3) is 0.346. The molecule has 0 spiro atoms. The number of hydrogen-bond acceptors (Lipinski definition) is 6. The summed E-state index contributed by atoms with van der Waals surface area (Å²) in [5.41, 5.74) is 4.63. The number of aromatic nitrogens is 2. The summed E-state index contributed by atoms with van der Waals surface area (Å²) >= 11 is 0. The predicted molar refractivity (Wildman–Crippen MR) is 128 cm³/mol. The van der Waals surface area contributed by atoms with E-state index in [9.17, 15) is 4.79 Å². The normalized spacial score (nSPS) is 19.6. The number of carbonyl (C=O) groups excluding carboxylic acids is 1. The Bertz CT molecular complexity index is 1160. The minimum atomic E-state index is -0.00962. The molecule has 1 N–H and O–H groups in total. The first-order chi connectivity index (χ1) is 16.2. The molecule has 2 aromatic heterocycles. The Hall–Kier alpha value is -3.45. The molecule has 1 saturated carbocycles. The van der Waals surface area contributed by atoms with Gasteiger partial charge in [0.05, 0.1) is 37.3 Å². The number of methoxy groups -OCH3 is 2. The molecule has 170 valence electrons. The summed E-state index contributed by atoms with van der Waals surface area (Å²) in [5.74, 6) is 1.63. The number of ether oxygens (including phenoxy) is 2. The van der Waals surface area contributed by atoms with Crippen molar-refractivity contribution in [2.24, 2.45) is 5.92 Å². The van der Waals surface area contributed by atoms with Gasteiger partial charge in [0.25, 0.3) is 0 Å². The van der Waals surface area contributed by atoms with E-state index in [1.54, 1.807) is 26.6 Å². The van der Waals surface area contributed by atoms with Gasteiger partial charge in [-0.15, -0.1) is 0 Å². The molecule has 2 aliphatic rings. The smallest absolute Gasteiger partial charge is 0.230 e. The van der Waals surface area contributed by atoms with Crippen molar-refractivity contribution in [1.82, 2.24) is 9.97 Å². The Labute approximate surface area is 193 Å². The van der Waals surface area contributed by atoms with Gasteiger partial charge in [0.15, 0.2) is 0 Å². The van der Waals surface area contributed by atoms with Crippen LogP contribution in [0.1, 0.15) is 31.2 Å². The number of amides is 1. The minimum Gasteiger partial charge on any atom is -0.495 e. The first-order valence-electron chi connectivity index (χ1n) is 11.3. The average molecular weight is 445 g/mol. The van der Waals surface area contributed by atoms with E-state index in [-0.39, 0.29) is 17.9 Å². The quantitative estimate of drug-likeness (QED) is 0.614. The van der Waals surface area contributed by atoms with E-state index in [4.69, 9.17) is 9.47 Å². The molecule has 33 heavy (non-hydrogen) atoms. The van der Waals surface area contributed by atoms with Crippen molar-refractivity contribution in [3.05, 3.63) is 60.6 Å². The van der Waals surface area contributed by atoms with E-state index >= 15 is 0 Å². The maximum Gasteiger partial charge on any atom is 0.230 e. The topological polar surface area (TPSA) is 76.6 Å². The Kier molecular flexibility index (Phi) is 5.96. The van der Waals surface area contributed by atoms with Crippen molar-refractivity contribution < 1.29 is 14.3 Å². The van der Waals surface area contributed by atoms with Crippen LogP contribution < -0.4 is 15.0 Å². The second-order valence-corrected chi connectivity index (χ2v) is 8.62. The van der Waals surface area contributed by atoms with Crippen LogP contribution in [0.15, 0.2) is 55.0 Å². The third kappa shape index (κ3) is 4.28. The molecule has 1 aliphatic heterocycles. The molecule has 7 heteroatoms. The zero-order valence-corrected chi connectivity index (χ0v) is 19.0. The fourth-order valence-corrected chi connectivity index (χ4v) is 4.75. The van der Waals surface area contributed by atoms with Crippen molar-refractivity contribution >= 4 is 23.1 Å². The van der Waals surface area contributed by atoms with Gasteiger partial charge in [-0.3, -0.25) is 9.78 Å². The van der Waals surface area contributed by atoms with Gasteiger partial charge in [0.1, 0.15) is 11.6 Å². The van der Waals surface area contributed by atoms with Gasteiger partial charge in [-0.05, 0) is 55.5 Å². The summed E-state index contributed by atoms with van der Waals surface area (Å²) in [6.07, 6.45) is 9.03. The van der Waals surface area contributed by atoms with Crippen molar-refractivity contribution in [2.45, 2.75) is 38.3 Å². The number of hydrogen-bond donors (Lipinski definition) is 1. The highest BCUT2D eigenvalue weighted by Crippen LogP contribution is 2.40. The number of anilines is 3. The highest BCUT2D eigenvalue weighted by Gasteiger charge is 2.33. The molecule has 0 atom stereocenters. The number of benzene rings is 1. The van der Waals surface area contributed by atoms with Crippen LogP contribution in [0.3, 0.4) is 0 Å². The number of carbonyl (C=O) groups is 1. The van der Waals surface area contributed by atoms with E-state index in [0.717, 1.165) is 59.6 Å². The molecule has 1 fully saturated rings. The van der Waals surface area contributed by atoms with E-state index in [2.05, 4.69) is 21.4 Å². The monoisotopic (exact) mass is 444 g/mol. The van der Waals surface area contributed by atoms with Crippen LogP contribution in [0.5, 0.6) is 5.75 Å². The zero-order valence-electron chi connectivity index (χ0n) is 19.0. The Morgan fingerprint density at radius 2 is 1.91 bits per heavy atom. The van der Waals surface area contributed by atoms with Gasteiger partial charge in [0.2, 0.25) is 5.91 Å². The Morgan fingerprint density at radius 3 is 2.70 bits per heavy atom. The lowest BCUT2D eigenvalue weighted by molar-refractivity contribution is -0.124. The van der Waals surface area contributed by atoms with Gasteiger partial charge >= 0.3 is 0 Å². The zero-order chi connectivity index (χ0) is 22.8. The lowest BCUT2D eigenvalue weighted by Crippen LogP contribution is -2.38. The third-order valence-electron chi connectivity index (χ3n) is 6.67. The highest BCUT2D eigenvalue weighted by molar-refractivity contribution is 6.00. The van der Waals surface area contributed by atoms with Crippen molar-refractivity contribution in [1.29, 1.82) is 0 Å². The first-order valence-corrected chi connectivity index (χ1v) is 11.3. The molecule has 0 bridgehead atoms. The van der Waals surface area contributed by atoms with Crippen LogP contribution >= 0.6 is 0 Å². The van der Waals surface area contributed by atoms with Gasteiger partial charge in [0, 0.05) is 36.5 Å². The number of nitrogens with one attached hydrogen (secondary N) is 1. The van der Waals surface area contributed by atoms with Gasteiger partial charge in [-0.1, -0.05) is 12.1 Å². The third-order valence-corrected chi connectivity index (χ3v) is 6.67. The molecule has 0 radical (unpaired) electrons. The van der Waals surface area contributed by atoms with Crippen molar-refractivity contribution in [3.8, 4) is 16.9 Å². The minimum absolute atomic E-state index is 0.00962. The molecule has 1 amide bonds. The maximum absolute atomic E-state index is 13.8. The molecule has 1 aromatic carbocycles. The standard InChI is InChI=1S/C26H28N4O3/c1-32-21-8-5-17(6-9-21)26(31)30-16-19-4-3-11-28-25(19)29-23-10-7-18(13-24(23)30)20-12-22(33-2)15-27-14-20/h3-4,7,10-15,17,21H,5-6,8-9,16H2,1-2H3,(H,28,29). The SMILES string of the molecule is COc1cncc(-c2ccc3c(c2)N(C(=O)C2CCC(OC)CC2)Cc2cccnc2N3)c1. The summed E-state index contributed by atoms with van der Waals surface area (Å²) in [6.45, 7) is 0.478. The second kappa shape index (κ2) is 9.19. The first kappa shape index (κ1) is 21.4. The number of nitrogens with zero attached hydrogens (tertiary/aromatic N) is 3. The Balaban J connectivity index is 1.54. The van der Waals surface area contributed by atoms with E-state index in [1.165, 1.54) is 0 Å². The molecule has 5 rings (SSSR count). The van der Waals surface area contributed by atoms with Crippen LogP contribution in [0, 0.1) is 5.92 Å². The van der Waals surface area contributed by atoms with Gasteiger partial charge < -0.3 is 19.7 Å². The van der Waals surface area contributed by atoms with E-state index in [0.29, 0.717) is 12.3 Å². The average Bonchev–Trinajstić information content (AvgIpc) is 3.04. The van der Waals surface area contributed by atoms with Gasteiger partial charge in [-0.2, -0.15) is 0 Å². The molecule has 0 unspecified atom stereocenters. The summed E-state index contributed by atoms with van der Waals surface area (Å²) in [5, 5.41) is 3.44. The Morgan fingerprint density at radius 1 is 1.06 bits per heavy atom.